The van der Waals surface area contributed by atoms with Gasteiger partial charge >= 0.3 is 0 Å². The van der Waals surface area contributed by atoms with Crippen molar-refractivity contribution in [3.63, 3.8) is 0 Å². The van der Waals surface area contributed by atoms with E-state index in [1.165, 1.54) is 6.42 Å². The maximum absolute atomic E-state index is 9.44. The minimum Gasteiger partial charge on any atom is -0.198 e. The molecule has 0 saturated heterocycles. The molecule has 0 atom stereocenters. The Hall–Kier alpha value is -0.710. The fourth-order valence-corrected chi connectivity index (χ4v) is 2.99. The Bertz CT molecular complexity index is 442. The van der Waals surface area contributed by atoms with Crippen molar-refractivity contribution in [1.29, 1.82) is 5.26 Å². The number of halogens is 2. The van der Waals surface area contributed by atoms with Gasteiger partial charge in [0.05, 0.1) is 21.5 Å². The third-order valence-corrected chi connectivity index (χ3v) is 4.47. The van der Waals surface area contributed by atoms with E-state index in [2.05, 4.69) is 6.07 Å². The quantitative estimate of drug-likeness (QED) is 0.739. The Labute approximate surface area is 112 Å². The maximum Gasteiger partial charge on any atom is 0.0693 e. The van der Waals surface area contributed by atoms with Gasteiger partial charge in [0.15, 0.2) is 0 Å². The van der Waals surface area contributed by atoms with Crippen molar-refractivity contribution in [3.8, 4) is 6.07 Å². The van der Waals surface area contributed by atoms with Crippen LogP contribution in [0.15, 0.2) is 18.2 Å². The smallest absolute Gasteiger partial charge is 0.0693 e. The van der Waals surface area contributed by atoms with Crippen LogP contribution >= 0.6 is 23.2 Å². The van der Waals surface area contributed by atoms with Crippen molar-refractivity contribution in [3.05, 3.63) is 33.8 Å². The van der Waals surface area contributed by atoms with Gasteiger partial charge < -0.3 is 0 Å². The lowest BCUT2D eigenvalue weighted by Gasteiger charge is -2.31. The Morgan fingerprint density at radius 1 is 1.18 bits per heavy atom. The average molecular weight is 268 g/mol. The molecule has 0 radical (unpaired) electrons. The van der Waals surface area contributed by atoms with E-state index in [9.17, 15) is 5.26 Å². The van der Waals surface area contributed by atoms with E-state index >= 15 is 0 Å². The maximum atomic E-state index is 9.44. The number of benzene rings is 1. The number of nitrogens with zero attached hydrogens (tertiary/aromatic N) is 1. The molecule has 0 N–H and O–H groups in total. The highest BCUT2D eigenvalue weighted by Crippen LogP contribution is 2.40. The van der Waals surface area contributed by atoms with Gasteiger partial charge in [0.2, 0.25) is 0 Å². The number of rotatable bonds is 2. The molecule has 1 aliphatic carbocycles. The van der Waals surface area contributed by atoms with E-state index in [1.807, 2.05) is 12.1 Å². The number of hydrogen-bond acceptors (Lipinski definition) is 1. The summed E-state index contributed by atoms with van der Waals surface area (Å²) in [6.45, 7) is 0. The molecule has 0 spiro atoms. The van der Waals surface area contributed by atoms with Crippen LogP contribution < -0.4 is 0 Å². The summed E-state index contributed by atoms with van der Waals surface area (Å²) in [7, 11) is 0. The standard InChI is InChI=1S/C14H15Cl2N/c15-12-6-4-5-11(13(12)16)9-14(10-17)7-2-1-3-8-14/h4-6H,1-3,7-9H2. The first-order chi connectivity index (χ1) is 8.17. The zero-order chi connectivity index (χ0) is 12.3. The first kappa shape index (κ1) is 12.7. The van der Waals surface area contributed by atoms with Crippen LogP contribution in [-0.2, 0) is 6.42 Å². The van der Waals surface area contributed by atoms with Gasteiger partial charge in [-0.1, -0.05) is 54.6 Å². The number of hydrogen-bond donors (Lipinski definition) is 0. The molecule has 1 saturated carbocycles. The molecule has 1 aromatic rings. The molecule has 0 amide bonds. The Morgan fingerprint density at radius 2 is 1.88 bits per heavy atom. The summed E-state index contributed by atoms with van der Waals surface area (Å²) >= 11 is 12.2. The Kier molecular flexibility index (Phi) is 3.97. The highest BCUT2D eigenvalue weighted by molar-refractivity contribution is 6.42. The summed E-state index contributed by atoms with van der Waals surface area (Å²) in [4.78, 5) is 0. The second-order valence-electron chi connectivity index (χ2n) is 4.84. The molecule has 0 aliphatic heterocycles. The van der Waals surface area contributed by atoms with E-state index in [0.717, 1.165) is 37.7 Å². The van der Waals surface area contributed by atoms with Gasteiger partial charge in [-0.25, -0.2) is 0 Å². The first-order valence-corrected chi connectivity index (χ1v) is 6.77. The van der Waals surface area contributed by atoms with Crippen molar-refractivity contribution in [2.45, 2.75) is 38.5 Å². The number of nitriles is 1. The van der Waals surface area contributed by atoms with Gasteiger partial charge in [-0.3, -0.25) is 0 Å². The summed E-state index contributed by atoms with van der Waals surface area (Å²) in [5.41, 5.74) is 0.773. The van der Waals surface area contributed by atoms with Crippen molar-refractivity contribution >= 4 is 23.2 Å². The van der Waals surface area contributed by atoms with Crippen LogP contribution in [0.2, 0.25) is 10.0 Å². The summed E-state index contributed by atoms with van der Waals surface area (Å²) in [6, 6.07) is 8.17. The molecule has 0 bridgehead atoms. The summed E-state index contributed by atoms with van der Waals surface area (Å²) in [5, 5.41) is 10.6. The fourth-order valence-electron chi connectivity index (χ4n) is 2.61. The predicted molar refractivity (Wildman–Crippen MR) is 71.3 cm³/mol. The van der Waals surface area contributed by atoms with E-state index in [-0.39, 0.29) is 5.41 Å². The summed E-state index contributed by atoms with van der Waals surface area (Å²) in [5.74, 6) is 0. The monoisotopic (exact) mass is 267 g/mol. The third-order valence-electron chi connectivity index (χ3n) is 3.61. The first-order valence-electron chi connectivity index (χ1n) is 6.01. The molecule has 0 unspecified atom stereocenters. The van der Waals surface area contributed by atoms with Gasteiger partial charge in [-0.05, 0) is 30.9 Å². The van der Waals surface area contributed by atoms with Gasteiger partial charge in [-0.15, -0.1) is 0 Å². The van der Waals surface area contributed by atoms with Crippen LogP contribution in [-0.4, -0.2) is 0 Å². The third kappa shape index (κ3) is 2.76. The van der Waals surface area contributed by atoms with Gasteiger partial charge in [0.1, 0.15) is 0 Å². The fraction of sp³-hybridized carbons (Fsp3) is 0.500. The normalized spacial score (nSPS) is 18.6. The van der Waals surface area contributed by atoms with Crippen LogP contribution in [0.5, 0.6) is 0 Å². The predicted octanol–water partition coefficient (Wildman–Crippen LogP) is 5.01. The highest BCUT2D eigenvalue weighted by atomic mass is 35.5. The lowest BCUT2D eigenvalue weighted by Crippen LogP contribution is -2.25. The van der Waals surface area contributed by atoms with Crippen LogP contribution in [0.25, 0.3) is 0 Å². The molecule has 90 valence electrons. The van der Waals surface area contributed by atoms with Crippen molar-refractivity contribution < 1.29 is 0 Å². The van der Waals surface area contributed by atoms with Gasteiger partial charge in [-0.2, -0.15) is 5.26 Å². The van der Waals surface area contributed by atoms with Gasteiger partial charge in [0.25, 0.3) is 0 Å². The van der Waals surface area contributed by atoms with E-state index < -0.39 is 0 Å². The van der Waals surface area contributed by atoms with Gasteiger partial charge in [0, 0.05) is 0 Å². The molecule has 2 rings (SSSR count). The van der Waals surface area contributed by atoms with Crippen molar-refractivity contribution in [2.75, 3.05) is 0 Å². The zero-order valence-corrected chi connectivity index (χ0v) is 11.2. The minimum atomic E-state index is -0.230. The van der Waals surface area contributed by atoms with Crippen LogP contribution in [0.3, 0.4) is 0 Å². The molecule has 3 heteroatoms. The lowest BCUT2D eigenvalue weighted by atomic mass is 9.71. The molecule has 1 fully saturated rings. The second-order valence-corrected chi connectivity index (χ2v) is 5.63. The average Bonchev–Trinajstić information content (AvgIpc) is 2.36. The highest BCUT2D eigenvalue weighted by Gasteiger charge is 2.32. The molecule has 1 aliphatic rings. The van der Waals surface area contributed by atoms with Crippen LogP contribution in [0.1, 0.15) is 37.7 Å². The molecular formula is C14H15Cl2N. The SMILES string of the molecule is N#CC1(Cc2cccc(Cl)c2Cl)CCCCC1. The molecule has 0 aromatic heterocycles. The second kappa shape index (κ2) is 5.29. The molecule has 1 aromatic carbocycles. The van der Waals surface area contributed by atoms with E-state index in [4.69, 9.17) is 23.2 Å². The Balaban J connectivity index is 2.24. The largest absolute Gasteiger partial charge is 0.198 e. The summed E-state index contributed by atoms with van der Waals surface area (Å²) in [6.07, 6.45) is 6.21. The molecule has 0 heterocycles. The van der Waals surface area contributed by atoms with Crippen LogP contribution in [0.4, 0.5) is 0 Å². The van der Waals surface area contributed by atoms with E-state index in [0.29, 0.717) is 10.0 Å². The van der Waals surface area contributed by atoms with Crippen molar-refractivity contribution in [1.82, 2.24) is 0 Å². The topological polar surface area (TPSA) is 23.8 Å². The lowest BCUT2D eigenvalue weighted by molar-refractivity contribution is 0.266. The molecule has 17 heavy (non-hydrogen) atoms. The summed E-state index contributed by atoms with van der Waals surface area (Å²) < 4.78 is 0. The molecular weight excluding hydrogens is 253 g/mol. The Morgan fingerprint density at radius 3 is 2.53 bits per heavy atom. The minimum absolute atomic E-state index is 0.230. The zero-order valence-electron chi connectivity index (χ0n) is 9.68. The van der Waals surface area contributed by atoms with Crippen molar-refractivity contribution in [2.24, 2.45) is 5.41 Å². The van der Waals surface area contributed by atoms with E-state index in [1.54, 1.807) is 6.07 Å². The van der Waals surface area contributed by atoms with Crippen LogP contribution in [0, 0.1) is 16.7 Å². The molecule has 1 nitrogen and oxygen atoms in total.